The molecule has 2 atom stereocenters. The summed E-state index contributed by atoms with van der Waals surface area (Å²) < 4.78 is 9.08. The number of hydrogen-bond donors (Lipinski definition) is 1. The maximum Gasteiger partial charge on any atom is 0.407 e. The SMILES string of the molecule is COC(=O)N[C@H](CC(Cl)c1ccc(Cl)cc1)C(=O)OC. The summed E-state index contributed by atoms with van der Waals surface area (Å²) in [7, 11) is 2.45. The van der Waals surface area contributed by atoms with Gasteiger partial charge in [0.25, 0.3) is 0 Å². The second-order valence-electron chi connectivity index (χ2n) is 3.97. The van der Waals surface area contributed by atoms with E-state index >= 15 is 0 Å². The number of carbonyl (C=O) groups is 2. The van der Waals surface area contributed by atoms with Gasteiger partial charge in [-0.2, -0.15) is 0 Å². The normalized spacial score (nSPS) is 13.2. The molecule has 0 spiro atoms. The molecule has 7 heteroatoms. The number of alkyl halides is 1. The van der Waals surface area contributed by atoms with Gasteiger partial charge in [-0.15, -0.1) is 11.6 Å². The Balaban J connectivity index is 2.75. The van der Waals surface area contributed by atoms with Crippen LogP contribution < -0.4 is 5.32 Å². The van der Waals surface area contributed by atoms with Gasteiger partial charge in [0.2, 0.25) is 0 Å². The highest BCUT2D eigenvalue weighted by atomic mass is 35.5. The second kappa shape index (κ2) is 7.97. The number of amides is 1. The average Bonchev–Trinajstić information content (AvgIpc) is 2.46. The highest BCUT2D eigenvalue weighted by Crippen LogP contribution is 2.27. The molecule has 0 saturated carbocycles. The second-order valence-corrected chi connectivity index (χ2v) is 4.93. The lowest BCUT2D eigenvalue weighted by Gasteiger charge is -2.18. The van der Waals surface area contributed by atoms with Crippen molar-refractivity contribution in [2.75, 3.05) is 14.2 Å². The maximum absolute atomic E-state index is 11.6. The third-order valence-electron chi connectivity index (χ3n) is 2.64. The highest BCUT2D eigenvalue weighted by Gasteiger charge is 2.25. The monoisotopic (exact) mass is 319 g/mol. The first-order chi connectivity index (χ1) is 9.47. The van der Waals surface area contributed by atoms with Crippen molar-refractivity contribution in [2.45, 2.75) is 17.8 Å². The minimum Gasteiger partial charge on any atom is -0.467 e. The number of halogens is 2. The molecule has 0 aromatic heterocycles. The topological polar surface area (TPSA) is 64.6 Å². The molecule has 1 rings (SSSR count). The minimum absolute atomic E-state index is 0.172. The van der Waals surface area contributed by atoms with Gasteiger partial charge < -0.3 is 14.8 Å². The van der Waals surface area contributed by atoms with E-state index < -0.39 is 23.5 Å². The Labute approximate surface area is 127 Å². The molecular formula is C13H15Cl2NO4. The Hall–Kier alpha value is -1.46. The number of hydrogen-bond acceptors (Lipinski definition) is 4. The van der Waals surface area contributed by atoms with Crippen LogP contribution in [0.15, 0.2) is 24.3 Å². The molecule has 0 radical (unpaired) electrons. The zero-order valence-corrected chi connectivity index (χ0v) is 12.6. The molecule has 5 nitrogen and oxygen atoms in total. The standard InChI is InChI=1S/C13H15Cl2NO4/c1-19-12(17)11(16-13(18)20-2)7-10(15)8-3-5-9(14)6-4-8/h3-6,10-11H,7H2,1-2H3,(H,16,18)/t10?,11-/m1/s1. The quantitative estimate of drug-likeness (QED) is 0.669. The van der Waals surface area contributed by atoms with E-state index in [1.807, 2.05) is 0 Å². The van der Waals surface area contributed by atoms with Crippen molar-refractivity contribution in [3.8, 4) is 0 Å². The van der Waals surface area contributed by atoms with Crippen molar-refractivity contribution in [2.24, 2.45) is 0 Å². The average molecular weight is 320 g/mol. The minimum atomic E-state index is -0.884. The number of alkyl carbamates (subject to hydrolysis) is 1. The Morgan fingerprint density at radius 1 is 1.20 bits per heavy atom. The number of carbonyl (C=O) groups excluding carboxylic acids is 2. The Bertz CT molecular complexity index is 464. The van der Waals surface area contributed by atoms with Crippen LogP contribution in [-0.2, 0) is 14.3 Å². The van der Waals surface area contributed by atoms with Gasteiger partial charge in [-0.05, 0) is 24.1 Å². The number of rotatable bonds is 5. The summed E-state index contributed by atoms with van der Waals surface area (Å²) in [6.07, 6.45) is -0.550. The van der Waals surface area contributed by atoms with Crippen LogP contribution in [0.5, 0.6) is 0 Å². The molecule has 0 aliphatic carbocycles. The van der Waals surface area contributed by atoms with E-state index in [0.717, 1.165) is 5.56 Å². The van der Waals surface area contributed by atoms with Gasteiger partial charge in [-0.25, -0.2) is 9.59 Å². The Morgan fingerprint density at radius 2 is 1.80 bits per heavy atom. The predicted octanol–water partition coefficient (Wildman–Crippen LogP) is 2.91. The number of esters is 1. The number of ether oxygens (including phenoxy) is 2. The molecule has 110 valence electrons. The fourth-order valence-electron chi connectivity index (χ4n) is 1.57. The van der Waals surface area contributed by atoms with Gasteiger partial charge >= 0.3 is 12.1 Å². The molecule has 1 aromatic carbocycles. The number of nitrogens with one attached hydrogen (secondary N) is 1. The molecule has 0 aliphatic heterocycles. The van der Waals surface area contributed by atoms with E-state index in [2.05, 4.69) is 14.8 Å². The van der Waals surface area contributed by atoms with Crippen LogP contribution in [0.25, 0.3) is 0 Å². The predicted molar refractivity (Wildman–Crippen MR) is 76.0 cm³/mol. The first-order valence-electron chi connectivity index (χ1n) is 5.79. The van der Waals surface area contributed by atoms with Gasteiger partial charge in [0.15, 0.2) is 0 Å². The lowest BCUT2D eigenvalue weighted by Crippen LogP contribution is -2.42. The highest BCUT2D eigenvalue weighted by molar-refractivity contribution is 6.30. The van der Waals surface area contributed by atoms with Crippen LogP contribution >= 0.6 is 23.2 Å². The van der Waals surface area contributed by atoms with Crippen LogP contribution in [-0.4, -0.2) is 32.3 Å². The van der Waals surface area contributed by atoms with Gasteiger partial charge in [0, 0.05) is 5.02 Å². The van der Waals surface area contributed by atoms with Crippen LogP contribution in [0.3, 0.4) is 0 Å². The molecule has 0 heterocycles. The lowest BCUT2D eigenvalue weighted by atomic mass is 10.0. The first-order valence-corrected chi connectivity index (χ1v) is 6.61. The van der Waals surface area contributed by atoms with Crippen LogP contribution in [0.2, 0.25) is 5.02 Å². The molecule has 0 bridgehead atoms. The van der Waals surface area contributed by atoms with Crippen molar-refractivity contribution >= 4 is 35.3 Å². The lowest BCUT2D eigenvalue weighted by molar-refractivity contribution is -0.143. The summed E-state index contributed by atoms with van der Waals surface area (Å²) in [5, 5.41) is 2.50. The van der Waals surface area contributed by atoms with Gasteiger partial charge in [0.05, 0.1) is 19.6 Å². The van der Waals surface area contributed by atoms with Crippen molar-refractivity contribution in [1.82, 2.24) is 5.32 Å². The number of methoxy groups -OCH3 is 2. The molecule has 1 aromatic rings. The van der Waals surface area contributed by atoms with Crippen molar-refractivity contribution in [3.63, 3.8) is 0 Å². The smallest absolute Gasteiger partial charge is 0.407 e. The molecule has 0 aliphatic rings. The van der Waals surface area contributed by atoms with E-state index in [0.29, 0.717) is 5.02 Å². The van der Waals surface area contributed by atoms with Crippen molar-refractivity contribution < 1.29 is 19.1 Å². The fourth-order valence-corrected chi connectivity index (χ4v) is 2.02. The summed E-state index contributed by atoms with van der Waals surface area (Å²) in [4.78, 5) is 22.8. The van der Waals surface area contributed by atoms with Gasteiger partial charge in [0.1, 0.15) is 6.04 Å². The third-order valence-corrected chi connectivity index (χ3v) is 3.32. The van der Waals surface area contributed by atoms with Gasteiger partial charge in [-0.3, -0.25) is 0 Å². The molecule has 0 fully saturated rings. The van der Waals surface area contributed by atoms with Crippen molar-refractivity contribution in [1.29, 1.82) is 0 Å². The van der Waals surface area contributed by atoms with E-state index in [1.165, 1.54) is 14.2 Å². The number of benzene rings is 1. The van der Waals surface area contributed by atoms with Crippen LogP contribution in [0, 0.1) is 0 Å². The Morgan fingerprint density at radius 3 is 2.30 bits per heavy atom. The summed E-state index contributed by atoms with van der Waals surface area (Å²) in [6, 6.07) is 6.03. The molecular weight excluding hydrogens is 305 g/mol. The molecule has 1 amide bonds. The van der Waals surface area contributed by atoms with Crippen LogP contribution in [0.4, 0.5) is 4.79 Å². The van der Waals surface area contributed by atoms with E-state index in [-0.39, 0.29) is 6.42 Å². The zero-order valence-electron chi connectivity index (χ0n) is 11.1. The summed E-state index contributed by atoms with van der Waals surface area (Å²) >= 11 is 12.0. The summed E-state index contributed by atoms with van der Waals surface area (Å²) in [5.41, 5.74) is 0.789. The summed E-state index contributed by atoms with van der Waals surface area (Å²) in [5.74, 6) is -0.588. The maximum atomic E-state index is 11.6. The molecule has 20 heavy (non-hydrogen) atoms. The fraction of sp³-hybridized carbons (Fsp3) is 0.385. The first kappa shape index (κ1) is 16.6. The van der Waals surface area contributed by atoms with Crippen molar-refractivity contribution in [3.05, 3.63) is 34.9 Å². The van der Waals surface area contributed by atoms with Crippen LogP contribution in [0.1, 0.15) is 17.4 Å². The van der Waals surface area contributed by atoms with E-state index in [9.17, 15) is 9.59 Å². The van der Waals surface area contributed by atoms with E-state index in [4.69, 9.17) is 23.2 Å². The van der Waals surface area contributed by atoms with E-state index in [1.54, 1.807) is 24.3 Å². The van der Waals surface area contributed by atoms with Gasteiger partial charge in [-0.1, -0.05) is 23.7 Å². The molecule has 0 saturated heterocycles. The molecule has 1 unspecified atom stereocenters. The third kappa shape index (κ3) is 4.90. The zero-order chi connectivity index (χ0) is 15.1. The largest absolute Gasteiger partial charge is 0.467 e. The summed E-state index contributed by atoms with van der Waals surface area (Å²) in [6.45, 7) is 0. The Kier molecular flexibility index (Phi) is 6.61. The molecule has 1 N–H and O–H groups in total.